The Balaban J connectivity index is 0.00000259. The second-order valence-electron chi connectivity index (χ2n) is 8.04. The van der Waals surface area contributed by atoms with Crippen LogP contribution in [0.5, 0.6) is 0 Å². The minimum atomic E-state index is -1.86. The van der Waals surface area contributed by atoms with Crippen molar-refractivity contribution in [2.45, 2.75) is 6.16 Å². The molecule has 0 atom stereocenters. The molecule has 0 unspecified atom stereocenters. The van der Waals surface area contributed by atoms with Gasteiger partial charge in [-0.25, -0.2) is 0 Å². The number of benzene rings is 5. The van der Waals surface area contributed by atoms with Gasteiger partial charge in [0, 0.05) is 0 Å². The predicted octanol–water partition coefficient (Wildman–Crippen LogP) is 3.85. The molecule has 0 bridgehead atoms. The van der Waals surface area contributed by atoms with E-state index in [9.17, 15) is 0 Å². The first-order valence-corrected chi connectivity index (χ1v) is 13.0. The van der Waals surface area contributed by atoms with Crippen LogP contribution in [-0.4, -0.2) is 0 Å². The van der Waals surface area contributed by atoms with Crippen molar-refractivity contribution in [1.29, 1.82) is 0 Å². The lowest BCUT2D eigenvalue weighted by Crippen LogP contribution is -3.00. The molecule has 0 radical (unpaired) electrons. The molecule has 5 aromatic carbocycles. The zero-order valence-electron chi connectivity index (χ0n) is 18.4. The topological polar surface area (TPSA) is 0 Å². The van der Waals surface area contributed by atoms with E-state index >= 15 is 0 Å². The molecule has 0 aliphatic rings. The Bertz CT molecular complexity index is 1160. The van der Waals surface area contributed by atoms with Crippen molar-refractivity contribution < 1.29 is 12.4 Å². The fraction of sp³-hybridized carbons (Fsp3) is 0.0323. The highest BCUT2D eigenvalue weighted by Gasteiger charge is 2.45. The molecular formula is C31H26ClP. The Morgan fingerprint density at radius 1 is 0.364 bits per heavy atom. The Labute approximate surface area is 203 Å². The van der Waals surface area contributed by atoms with Crippen molar-refractivity contribution in [1.82, 2.24) is 0 Å². The molecule has 0 fully saturated rings. The van der Waals surface area contributed by atoms with Gasteiger partial charge in [0.15, 0.2) is 0 Å². The van der Waals surface area contributed by atoms with Crippen LogP contribution >= 0.6 is 7.26 Å². The van der Waals surface area contributed by atoms with Gasteiger partial charge >= 0.3 is 0 Å². The van der Waals surface area contributed by atoms with E-state index in [-0.39, 0.29) is 12.4 Å². The first-order chi connectivity index (χ1) is 15.9. The summed E-state index contributed by atoms with van der Waals surface area (Å²) in [4.78, 5) is 0. The normalized spacial score (nSPS) is 10.9. The quantitative estimate of drug-likeness (QED) is 0.335. The van der Waals surface area contributed by atoms with Gasteiger partial charge in [0.05, 0.1) is 6.16 Å². The van der Waals surface area contributed by atoms with E-state index in [2.05, 4.69) is 146 Å². The van der Waals surface area contributed by atoms with E-state index in [0.717, 1.165) is 6.16 Å². The third-order valence-electron chi connectivity index (χ3n) is 6.07. The van der Waals surface area contributed by atoms with Crippen molar-refractivity contribution in [3.05, 3.63) is 151 Å². The molecule has 0 aromatic heterocycles. The van der Waals surface area contributed by atoms with E-state index in [1.54, 1.807) is 0 Å². The van der Waals surface area contributed by atoms with Gasteiger partial charge in [-0.2, -0.15) is 0 Å². The molecule has 0 nitrogen and oxygen atoms in total. The van der Waals surface area contributed by atoms with Gasteiger partial charge in [-0.15, -0.1) is 0 Å². The molecule has 0 heterocycles. The van der Waals surface area contributed by atoms with Crippen molar-refractivity contribution in [2.75, 3.05) is 0 Å². The molecular weight excluding hydrogens is 439 g/mol. The lowest BCUT2D eigenvalue weighted by molar-refractivity contribution is -0.00000614. The van der Waals surface area contributed by atoms with Gasteiger partial charge in [0.25, 0.3) is 0 Å². The average Bonchev–Trinajstić information content (AvgIpc) is 2.90. The SMILES string of the molecule is [Cl-].c1ccc(-c2ccc(C[P+](c3ccccc3)(c3ccccc3)c3ccccc3)cc2)cc1. The number of halogens is 1. The average molecular weight is 465 g/mol. The van der Waals surface area contributed by atoms with Crippen LogP contribution in [0, 0.1) is 0 Å². The summed E-state index contributed by atoms with van der Waals surface area (Å²) in [6.07, 6.45) is 1.00. The molecule has 33 heavy (non-hydrogen) atoms. The van der Waals surface area contributed by atoms with Crippen molar-refractivity contribution >= 4 is 23.2 Å². The molecule has 162 valence electrons. The minimum Gasteiger partial charge on any atom is -1.00 e. The van der Waals surface area contributed by atoms with Crippen LogP contribution in [0.25, 0.3) is 11.1 Å². The summed E-state index contributed by atoms with van der Waals surface area (Å²) < 4.78 is 0. The third kappa shape index (κ3) is 4.79. The van der Waals surface area contributed by atoms with Crippen LogP contribution in [-0.2, 0) is 6.16 Å². The van der Waals surface area contributed by atoms with Crippen LogP contribution in [0.3, 0.4) is 0 Å². The fourth-order valence-corrected chi connectivity index (χ4v) is 8.72. The molecule has 5 rings (SSSR count). The maximum absolute atomic E-state index is 2.31. The highest BCUT2D eigenvalue weighted by Crippen LogP contribution is 2.58. The largest absolute Gasteiger partial charge is 1.00 e. The number of hydrogen-bond acceptors (Lipinski definition) is 0. The van der Waals surface area contributed by atoms with Crippen LogP contribution in [0.1, 0.15) is 5.56 Å². The van der Waals surface area contributed by atoms with Crippen LogP contribution in [0.4, 0.5) is 0 Å². The van der Waals surface area contributed by atoms with E-state index in [4.69, 9.17) is 0 Å². The van der Waals surface area contributed by atoms with Crippen molar-refractivity contribution in [2.24, 2.45) is 0 Å². The molecule has 5 aromatic rings. The van der Waals surface area contributed by atoms with E-state index in [0.29, 0.717) is 0 Å². The highest BCUT2D eigenvalue weighted by atomic mass is 35.5. The van der Waals surface area contributed by atoms with Crippen LogP contribution in [0.2, 0.25) is 0 Å². The highest BCUT2D eigenvalue weighted by molar-refractivity contribution is 7.95. The monoisotopic (exact) mass is 464 g/mol. The molecule has 2 heteroatoms. The molecule has 0 aliphatic carbocycles. The van der Waals surface area contributed by atoms with E-state index in [1.807, 2.05) is 0 Å². The Morgan fingerprint density at radius 2 is 0.697 bits per heavy atom. The minimum absolute atomic E-state index is 0. The maximum Gasteiger partial charge on any atom is 0.116 e. The van der Waals surface area contributed by atoms with Gasteiger partial charge in [0.1, 0.15) is 23.2 Å². The molecule has 0 spiro atoms. The van der Waals surface area contributed by atoms with E-state index in [1.165, 1.54) is 32.6 Å². The van der Waals surface area contributed by atoms with Crippen LogP contribution < -0.4 is 28.3 Å². The van der Waals surface area contributed by atoms with Gasteiger partial charge < -0.3 is 12.4 Å². The maximum atomic E-state index is 2.31. The first-order valence-electron chi connectivity index (χ1n) is 11.1. The zero-order valence-corrected chi connectivity index (χ0v) is 20.0. The molecule has 0 aliphatic heterocycles. The first kappa shape index (κ1) is 23.0. The summed E-state index contributed by atoms with van der Waals surface area (Å²) in [6, 6.07) is 53.0. The molecule has 0 saturated carbocycles. The fourth-order valence-electron chi connectivity index (χ4n) is 4.48. The lowest BCUT2D eigenvalue weighted by Gasteiger charge is -2.28. The Morgan fingerprint density at radius 3 is 1.09 bits per heavy atom. The standard InChI is InChI=1S/C31H26P.ClH/c1-5-13-27(14-6-1)28-23-21-26(22-24-28)25-32(29-15-7-2-8-16-29,30-17-9-3-10-18-30)31-19-11-4-12-20-31;/h1-24H,25H2;1H/q+1;/p-1. The molecule has 0 amide bonds. The summed E-state index contributed by atoms with van der Waals surface area (Å²) >= 11 is 0. The van der Waals surface area contributed by atoms with Gasteiger partial charge in [-0.05, 0) is 53.1 Å². The third-order valence-corrected chi connectivity index (χ3v) is 10.5. The summed E-state index contributed by atoms with van der Waals surface area (Å²) in [7, 11) is -1.86. The van der Waals surface area contributed by atoms with E-state index < -0.39 is 7.26 Å². The second-order valence-corrected chi connectivity index (χ2v) is 11.5. The Hall–Kier alpha value is -3.18. The summed E-state index contributed by atoms with van der Waals surface area (Å²) in [5.74, 6) is 0. The van der Waals surface area contributed by atoms with Gasteiger partial charge in [0.2, 0.25) is 0 Å². The molecule has 0 saturated heterocycles. The number of hydrogen-bond donors (Lipinski definition) is 0. The smallest absolute Gasteiger partial charge is 0.116 e. The second kappa shape index (κ2) is 10.6. The van der Waals surface area contributed by atoms with Gasteiger partial charge in [-0.1, -0.05) is 109 Å². The summed E-state index contributed by atoms with van der Waals surface area (Å²) in [5, 5.41) is 4.26. The van der Waals surface area contributed by atoms with Crippen LogP contribution in [0.15, 0.2) is 146 Å². The van der Waals surface area contributed by atoms with Gasteiger partial charge in [-0.3, -0.25) is 0 Å². The zero-order chi connectivity index (χ0) is 21.6. The molecule has 0 N–H and O–H groups in total. The summed E-state index contributed by atoms with van der Waals surface area (Å²) in [6.45, 7) is 0. The predicted molar refractivity (Wildman–Crippen MR) is 141 cm³/mol. The summed E-state index contributed by atoms with van der Waals surface area (Å²) in [5.41, 5.74) is 3.89. The number of rotatable bonds is 6. The van der Waals surface area contributed by atoms with Crippen molar-refractivity contribution in [3.63, 3.8) is 0 Å². The lowest BCUT2D eigenvalue weighted by atomic mass is 10.0. The van der Waals surface area contributed by atoms with Crippen molar-refractivity contribution in [3.8, 4) is 11.1 Å². The Kier molecular flexibility index (Phi) is 7.40.